The Morgan fingerprint density at radius 3 is 2.92 bits per heavy atom. The maximum absolute atomic E-state index is 9.05. The molecule has 3 aromatic rings. The molecule has 26 heavy (non-hydrogen) atoms. The van der Waals surface area contributed by atoms with Crippen LogP contribution in [0, 0.1) is 11.3 Å². The first-order valence-electron chi connectivity index (χ1n) is 7.60. The summed E-state index contributed by atoms with van der Waals surface area (Å²) in [6.07, 6.45) is 4.95. The number of aromatic amines is 1. The topological polar surface area (TPSA) is 155 Å². The molecule has 0 aliphatic rings. The lowest BCUT2D eigenvalue weighted by molar-refractivity contribution is 1.08. The first-order chi connectivity index (χ1) is 12.7. The summed E-state index contributed by atoms with van der Waals surface area (Å²) in [5, 5.41) is 19.4. The van der Waals surface area contributed by atoms with E-state index in [0.717, 1.165) is 11.1 Å². The first kappa shape index (κ1) is 16.8. The fourth-order valence-electron chi connectivity index (χ4n) is 2.26. The van der Waals surface area contributed by atoms with Gasteiger partial charge in [-0.25, -0.2) is 9.97 Å². The first-order valence-corrected chi connectivity index (χ1v) is 7.60. The van der Waals surface area contributed by atoms with E-state index in [-0.39, 0.29) is 5.95 Å². The largest absolute Gasteiger partial charge is 0.368 e. The molecule has 0 atom stereocenters. The van der Waals surface area contributed by atoms with Crippen molar-refractivity contribution in [3.63, 3.8) is 0 Å². The number of nitrogen functional groups attached to an aromatic ring is 1. The van der Waals surface area contributed by atoms with Crippen LogP contribution >= 0.6 is 0 Å². The van der Waals surface area contributed by atoms with E-state index in [1.807, 2.05) is 6.07 Å². The fraction of sp³-hybridized carbons (Fsp3) is 0.0588. The summed E-state index contributed by atoms with van der Waals surface area (Å²) in [4.78, 5) is 12.7. The summed E-state index contributed by atoms with van der Waals surface area (Å²) in [5.74, 6) is 5.56. The number of nitrogens with one attached hydrogen (secondary N) is 1. The van der Waals surface area contributed by atoms with Gasteiger partial charge in [0.15, 0.2) is 0 Å². The van der Waals surface area contributed by atoms with Gasteiger partial charge in [-0.1, -0.05) is 12.1 Å². The molecule has 3 rings (SSSR count). The molecule has 2 heterocycles. The second-order valence-corrected chi connectivity index (χ2v) is 5.28. The molecule has 0 unspecified atom stereocenters. The minimum absolute atomic E-state index is 0.0734. The molecule has 0 bridgehead atoms. The van der Waals surface area contributed by atoms with Crippen LogP contribution in [0.15, 0.2) is 52.8 Å². The molecule has 9 nitrogen and oxygen atoms in total. The van der Waals surface area contributed by atoms with Crippen LogP contribution in [-0.2, 0) is 6.54 Å². The average molecular weight is 345 g/mol. The van der Waals surface area contributed by atoms with E-state index in [1.54, 1.807) is 36.7 Å². The molecule has 0 fully saturated rings. The molecule has 0 saturated heterocycles. The molecule has 5 N–H and O–H groups in total. The van der Waals surface area contributed by atoms with Crippen LogP contribution in [0.5, 0.6) is 0 Å². The summed E-state index contributed by atoms with van der Waals surface area (Å²) in [6, 6.07) is 10.8. The Morgan fingerprint density at radius 2 is 2.19 bits per heavy atom. The number of hydrazone groups is 1. The lowest BCUT2D eigenvalue weighted by Gasteiger charge is -2.06. The van der Waals surface area contributed by atoms with E-state index < -0.39 is 0 Å². The van der Waals surface area contributed by atoms with Gasteiger partial charge in [0.25, 0.3) is 0 Å². The van der Waals surface area contributed by atoms with Crippen LogP contribution in [-0.4, -0.2) is 32.1 Å². The van der Waals surface area contributed by atoms with Gasteiger partial charge in [0.05, 0.1) is 42.0 Å². The van der Waals surface area contributed by atoms with Crippen LogP contribution in [0.4, 0.5) is 5.95 Å². The maximum Gasteiger partial charge on any atom is 0.221 e. The Hall–Kier alpha value is -4.06. The third-order valence-electron chi connectivity index (χ3n) is 3.47. The standard InChI is InChI=1S/C17H15N9/c18-6-11-2-1-3-13(4-11)14-5-15(25-17(19)24-14)16(26-20)10-21-7-12-8-22-23-9-12/h1-5,8-10H,7,20H2,(H,22,23)(H2,19,24,25)/b21-10?,26-16+. The average Bonchev–Trinajstić information content (AvgIpc) is 3.18. The predicted molar refractivity (Wildman–Crippen MR) is 98.1 cm³/mol. The Bertz CT molecular complexity index is 997. The van der Waals surface area contributed by atoms with Crippen LogP contribution in [0.3, 0.4) is 0 Å². The highest BCUT2D eigenvalue weighted by Crippen LogP contribution is 2.20. The Labute approximate surface area is 149 Å². The zero-order valence-corrected chi connectivity index (χ0v) is 13.7. The predicted octanol–water partition coefficient (Wildman–Crippen LogP) is 1.25. The van der Waals surface area contributed by atoms with Gasteiger partial charge in [-0.3, -0.25) is 10.1 Å². The van der Waals surface area contributed by atoms with E-state index >= 15 is 0 Å². The van der Waals surface area contributed by atoms with Gasteiger partial charge in [0, 0.05) is 17.3 Å². The van der Waals surface area contributed by atoms with Crippen molar-refractivity contribution < 1.29 is 0 Å². The zero-order chi connectivity index (χ0) is 18.4. The number of anilines is 1. The van der Waals surface area contributed by atoms with Crippen molar-refractivity contribution in [2.45, 2.75) is 6.54 Å². The van der Waals surface area contributed by atoms with E-state index in [9.17, 15) is 0 Å². The van der Waals surface area contributed by atoms with Gasteiger partial charge in [0.2, 0.25) is 5.95 Å². The van der Waals surface area contributed by atoms with Crippen LogP contribution in [0.25, 0.3) is 11.3 Å². The third kappa shape index (κ3) is 3.88. The number of hydrogen-bond acceptors (Lipinski definition) is 8. The normalized spacial score (nSPS) is 11.6. The van der Waals surface area contributed by atoms with Crippen LogP contribution in [0.1, 0.15) is 16.8 Å². The number of nitrogens with two attached hydrogens (primary N) is 2. The number of aliphatic imine (C=N–C) groups is 1. The summed E-state index contributed by atoms with van der Waals surface area (Å²) < 4.78 is 0. The SMILES string of the molecule is N#Cc1cccc(-c2cc(/C(C=NCc3cn[nH]c3)=N/N)nc(N)n2)c1. The third-order valence-corrected chi connectivity index (χ3v) is 3.47. The van der Waals surface area contributed by atoms with Gasteiger partial charge >= 0.3 is 0 Å². The molecule has 0 radical (unpaired) electrons. The second-order valence-electron chi connectivity index (χ2n) is 5.28. The molecule has 0 saturated carbocycles. The van der Waals surface area contributed by atoms with Crippen molar-refractivity contribution in [3.05, 3.63) is 59.5 Å². The van der Waals surface area contributed by atoms with Gasteiger partial charge < -0.3 is 11.6 Å². The fourth-order valence-corrected chi connectivity index (χ4v) is 2.26. The summed E-state index contributed by atoms with van der Waals surface area (Å²) in [6.45, 7) is 0.424. The van der Waals surface area contributed by atoms with Crippen LogP contribution < -0.4 is 11.6 Å². The highest BCUT2D eigenvalue weighted by molar-refractivity contribution is 6.37. The number of hydrogen-bond donors (Lipinski definition) is 3. The summed E-state index contributed by atoms with van der Waals surface area (Å²) >= 11 is 0. The molecule has 1 aromatic carbocycles. The van der Waals surface area contributed by atoms with Gasteiger partial charge in [-0.2, -0.15) is 15.5 Å². The van der Waals surface area contributed by atoms with Crippen molar-refractivity contribution in [2.24, 2.45) is 15.9 Å². The second kappa shape index (κ2) is 7.67. The molecule has 0 aliphatic carbocycles. The Kier molecular flexibility index (Phi) is 4.95. The maximum atomic E-state index is 9.05. The lowest BCUT2D eigenvalue weighted by atomic mass is 10.1. The summed E-state index contributed by atoms with van der Waals surface area (Å²) in [7, 11) is 0. The number of H-pyrrole nitrogens is 1. The van der Waals surface area contributed by atoms with Crippen molar-refractivity contribution in [1.82, 2.24) is 20.2 Å². The molecule has 0 spiro atoms. The monoisotopic (exact) mass is 345 g/mol. The minimum Gasteiger partial charge on any atom is -0.368 e. The Balaban J connectivity index is 1.90. The number of aromatic nitrogens is 4. The molecule has 128 valence electrons. The minimum atomic E-state index is 0.0734. The van der Waals surface area contributed by atoms with Crippen molar-refractivity contribution >= 4 is 17.9 Å². The molecule has 0 amide bonds. The summed E-state index contributed by atoms with van der Waals surface area (Å²) in [5.41, 5.74) is 9.38. The quantitative estimate of drug-likeness (QED) is 0.359. The van der Waals surface area contributed by atoms with Crippen molar-refractivity contribution in [2.75, 3.05) is 5.73 Å². The highest BCUT2D eigenvalue weighted by atomic mass is 15.1. The zero-order valence-electron chi connectivity index (χ0n) is 13.7. The molecule has 0 aliphatic heterocycles. The Morgan fingerprint density at radius 1 is 1.31 bits per heavy atom. The number of rotatable bonds is 5. The molecule has 2 aromatic heterocycles. The molecule has 9 heteroatoms. The lowest BCUT2D eigenvalue weighted by Crippen LogP contribution is -2.11. The smallest absolute Gasteiger partial charge is 0.221 e. The van der Waals surface area contributed by atoms with Crippen molar-refractivity contribution in [1.29, 1.82) is 5.26 Å². The van der Waals surface area contributed by atoms with Gasteiger partial charge in [-0.15, -0.1) is 0 Å². The molecular formula is C17H15N9. The highest BCUT2D eigenvalue weighted by Gasteiger charge is 2.10. The van der Waals surface area contributed by atoms with E-state index in [2.05, 4.69) is 36.3 Å². The van der Waals surface area contributed by atoms with E-state index in [0.29, 0.717) is 29.2 Å². The number of nitrogens with zero attached hydrogens (tertiary/aromatic N) is 6. The van der Waals surface area contributed by atoms with Crippen LogP contribution in [0.2, 0.25) is 0 Å². The molecular weight excluding hydrogens is 330 g/mol. The number of nitriles is 1. The van der Waals surface area contributed by atoms with E-state index in [4.69, 9.17) is 16.8 Å². The van der Waals surface area contributed by atoms with Crippen molar-refractivity contribution in [3.8, 4) is 17.3 Å². The van der Waals surface area contributed by atoms with Gasteiger partial charge in [0.1, 0.15) is 5.71 Å². The number of benzene rings is 1. The van der Waals surface area contributed by atoms with E-state index in [1.165, 1.54) is 6.21 Å². The van der Waals surface area contributed by atoms with Gasteiger partial charge in [-0.05, 0) is 18.2 Å².